The molecule has 1 saturated carbocycles. The van der Waals surface area contributed by atoms with E-state index < -0.39 is 0 Å². The SMILES string of the molecule is COCCc1noc(CN(C)[C@H]2C[C@H]3CC(=O)NC[C@H]3C2)n1. The third-order valence-corrected chi connectivity index (χ3v) is 4.87. The van der Waals surface area contributed by atoms with Crippen molar-refractivity contribution in [2.75, 3.05) is 27.3 Å². The molecule has 1 amide bonds. The summed E-state index contributed by atoms with van der Waals surface area (Å²) in [4.78, 5) is 18.2. The number of ether oxygens (including phenoxy) is 1. The molecule has 3 rings (SSSR count). The van der Waals surface area contributed by atoms with Gasteiger partial charge in [-0.1, -0.05) is 5.16 Å². The summed E-state index contributed by atoms with van der Waals surface area (Å²) in [7, 11) is 3.75. The number of nitrogens with one attached hydrogen (secondary N) is 1. The second-order valence-corrected chi connectivity index (χ2v) is 6.42. The molecule has 1 aromatic heterocycles. The lowest BCUT2D eigenvalue weighted by Gasteiger charge is -2.24. The van der Waals surface area contributed by atoms with Crippen LogP contribution in [-0.4, -0.2) is 54.3 Å². The first-order valence-corrected chi connectivity index (χ1v) is 7.93. The predicted molar refractivity (Wildman–Crippen MR) is 79.0 cm³/mol. The van der Waals surface area contributed by atoms with Crippen molar-refractivity contribution in [3.63, 3.8) is 0 Å². The fourth-order valence-electron chi connectivity index (χ4n) is 3.59. The van der Waals surface area contributed by atoms with Gasteiger partial charge in [-0.3, -0.25) is 9.69 Å². The molecule has 0 aromatic carbocycles. The molecule has 2 aliphatic rings. The summed E-state index contributed by atoms with van der Waals surface area (Å²) in [6, 6.07) is 0.483. The van der Waals surface area contributed by atoms with Crippen LogP contribution < -0.4 is 5.32 Å². The van der Waals surface area contributed by atoms with E-state index in [1.165, 1.54) is 0 Å². The molecule has 1 saturated heterocycles. The van der Waals surface area contributed by atoms with Crippen LogP contribution >= 0.6 is 0 Å². The maximum Gasteiger partial charge on any atom is 0.240 e. The maximum atomic E-state index is 11.5. The van der Waals surface area contributed by atoms with Gasteiger partial charge in [0, 0.05) is 32.5 Å². The number of piperidine rings is 1. The molecule has 0 unspecified atom stereocenters. The van der Waals surface area contributed by atoms with Gasteiger partial charge in [-0.25, -0.2) is 0 Å². The molecule has 3 atom stereocenters. The van der Waals surface area contributed by atoms with Crippen LogP contribution in [0.5, 0.6) is 0 Å². The summed E-state index contributed by atoms with van der Waals surface area (Å²) in [5, 5.41) is 6.94. The van der Waals surface area contributed by atoms with Crippen molar-refractivity contribution in [1.82, 2.24) is 20.4 Å². The first kappa shape index (κ1) is 15.4. The number of amides is 1. The van der Waals surface area contributed by atoms with Crippen molar-refractivity contribution in [2.45, 2.75) is 38.3 Å². The minimum atomic E-state index is 0.198. The Labute approximate surface area is 130 Å². The molecule has 7 heteroatoms. The molecule has 7 nitrogen and oxygen atoms in total. The summed E-state index contributed by atoms with van der Waals surface area (Å²) >= 11 is 0. The van der Waals surface area contributed by atoms with Crippen LogP contribution in [0.15, 0.2) is 4.52 Å². The summed E-state index contributed by atoms with van der Waals surface area (Å²) in [5.41, 5.74) is 0. The van der Waals surface area contributed by atoms with Crippen molar-refractivity contribution in [3.05, 3.63) is 11.7 Å². The number of nitrogens with zero attached hydrogens (tertiary/aromatic N) is 3. The van der Waals surface area contributed by atoms with Crippen LogP contribution in [0, 0.1) is 11.8 Å². The average molecular weight is 308 g/mol. The molecule has 22 heavy (non-hydrogen) atoms. The number of methoxy groups -OCH3 is 1. The van der Waals surface area contributed by atoms with E-state index >= 15 is 0 Å². The summed E-state index contributed by atoms with van der Waals surface area (Å²) in [5.74, 6) is 2.69. The van der Waals surface area contributed by atoms with Gasteiger partial charge in [0.15, 0.2) is 5.82 Å². The number of hydrogen-bond donors (Lipinski definition) is 1. The van der Waals surface area contributed by atoms with Gasteiger partial charge in [-0.05, 0) is 31.7 Å². The van der Waals surface area contributed by atoms with Crippen molar-refractivity contribution >= 4 is 5.91 Å². The molecule has 2 fully saturated rings. The van der Waals surface area contributed by atoms with E-state index in [0.29, 0.717) is 55.6 Å². The monoisotopic (exact) mass is 308 g/mol. The fourth-order valence-corrected chi connectivity index (χ4v) is 3.59. The number of carbonyl (C=O) groups is 1. The Bertz CT molecular complexity index is 519. The van der Waals surface area contributed by atoms with Crippen molar-refractivity contribution in [1.29, 1.82) is 0 Å². The Morgan fingerprint density at radius 1 is 1.41 bits per heavy atom. The van der Waals surface area contributed by atoms with Gasteiger partial charge < -0.3 is 14.6 Å². The highest BCUT2D eigenvalue weighted by Gasteiger charge is 2.39. The van der Waals surface area contributed by atoms with E-state index in [0.717, 1.165) is 19.4 Å². The topological polar surface area (TPSA) is 80.5 Å². The van der Waals surface area contributed by atoms with Crippen molar-refractivity contribution in [2.24, 2.45) is 11.8 Å². The number of hydrogen-bond acceptors (Lipinski definition) is 6. The second-order valence-electron chi connectivity index (χ2n) is 6.42. The zero-order valence-electron chi connectivity index (χ0n) is 13.2. The molecule has 1 aliphatic carbocycles. The van der Waals surface area contributed by atoms with Crippen LogP contribution in [-0.2, 0) is 22.5 Å². The molecule has 122 valence electrons. The van der Waals surface area contributed by atoms with Crippen LogP contribution in [0.3, 0.4) is 0 Å². The van der Waals surface area contributed by atoms with E-state index in [2.05, 4.69) is 27.4 Å². The van der Waals surface area contributed by atoms with Gasteiger partial charge in [0.25, 0.3) is 0 Å². The fraction of sp³-hybridized carbons (Fsp3) is 0.800. The second kappa shape index (κ2) is 6.75. The molecule has 0 bridgehead atoms. The van der Waals surface area contributed by atoms with Gasteiger partial charge in [-0.15, -0.1) is 0 Å². The Balaban J connectivity index is 1.53. The molecule has 0 spiro atoms. The smallest absolute Gasteiger partial charge is 0.240 e. The number of rotatable bonds is 6. The highest BCUT2D eigenvalue weighted by molar-refractivity contribution is 5.77. The van der Waals surface area contributed by atoms with Crippen LogP contribution in [0.25, 0.3) is 0 Å². The van der Waals surface area contributed by atoms with E-state index in [1.54, 1.807) is 7.11 Å². The molecule has 0 radical (unpaired) electrons. The first-order chi connectivity index (χ1) is 10.7. The number of carbonyl (C=O) groups excluding carboxylic acids is 1. The van der Waals surface area contributed by atoms with E-state index in [9.17, 15) is 4.79 Å². The van der Waals surface area contributed by atoms with E-state index in [4.69, 9.17) is 9.26 Å². The number of aromatic nitrogens is 2. The minimum Gasteiger partial charge on any atom is -0.384 e. The number of fused-ring (bicyclic) bond motifs is 1. The maximum absolute atomic E-state index is 11.5. The standard InChI is InChI=1S/C15H24N4O3/c1-19(9-15-17-13(18-22-15)3-4-21-2)12-5-10-7-14(20)16-8-11(10)6-12/h10-12H,3-9H2,1-2H3,(H,16,20)/t10-,11+,12-/m0/s1. The van der Waals surface area contributed by atoms with Crippen molar-refractivity contribution in [3.8, 4) is 0 Å². The highest BCUT2D eigenvalue weighted by atomic mass is 16.5. The zero-order chi connectivity index (χ0) is 15.5. The van der Waals surface area contributed by atoms with E-state index in [-0.39, 0.29) is 5.91 Å². The van der Waals surface area contributed by atoms with Gasteiger partial charge in [0.2, 0.25) is 11.8 Å². The Morgan fingerprint density at radius 3 is 3.05 bits per heavy atom. The third kappa shape index (κ3) is 3.47. The average Bonchev–Trinajstić information content (AvgIpc) is 3.11. The summed E-state index contributed by atoms with van der Waals surface area (Å²) < 4.78 is 10.3. The van der Waals surface area contributed by atoms with Gasteiger partial charge >= 0.3 is 0 Å². The van der Waals surface area contributed by atoms with Gasteiger partial charge in [-0.2, -0.15) is 4.98 Å². The third-order valence-electron chi connectivity index (χ3n) is 4.87. The molecule has 1 aromatic rings. The Hall–Kier alpha value is -1.47. The van der Waals surface area contributed by atoms with Crippen LogP contribution in [0.1, 0.15) is 31.0 Å². The van der Waals surface area contributed by atoms with Gasteiger partial charge in [0.1, 0.15) is 0 Å². The van der Waals surface area contributed by atoms with Crippen LogP contribution in [0.2, 0.25) is 0 Å². The highest BCUT2D eigenvalue weighted by Crippen LogP contribution is 2.38. The molecule has 1 aliphatic heterocycles. The summed E-state index contributed by atoms with van der Waals surface area (Å²) in [6.07, 6.45) is 3.56. The normalized spacial score (nSPS) is 28.0. The largest absolute Gasteiger partial charge is 0.384 e. The quantitative estimate of drug-likeness (QED) is 0.829. The Kier molecular flexibility index (Phi) is 4.73. The molecule has 1 N–H and O–H groups in total. The first-order valence-electron chi connectivity index (χ1n) is 7.93. The van der Waals surface area contributed by atoms with E-state index in [1.807, 2.05) is 0 Å². The lowest BCUT2D eigenvalue weighted by atomic mass is 9.89. The lowest BCUT2D eigenvalue weighted by molar-refractivity contribution is -0.124. The van der Waals surface area contributed by atoms with Gasteiger partial charge in [0.05, 0.1) is 13.2 Å². The molecule has 2 heterocycles. The predicted octanol–water partition coefficient (Wildman–Crippen LogP) is 0.605. The summed E-state index contributed by atoms with van der Waals surface area (Å²) in [6.45, 7) is 2.09. The van der Waals surface area contributed by atoms with Crippen LogP contribution in [0.4, 0.5) is 0 Å². The van der Waals surface area contributed by atoms with Crippen molar-refractivity contribution < 1.29 is 14.1 Å². The lowest BCUT2D eigenvalue weighted by Crippen LogP contribution is -2.38. The minimum absolute atomic E-state index is 0.198. The molecular formula is C15H24N4O3. The Morgan fingerprint density at radius 2 is 2.23 bits per heavy atom. The zero-order valence-corrected chi connectivity index (χ0v) is 13.2. The molecular weight excluding hydrogens is 284 g/mol.